The van der Waals surface area contributed by atoms with E-state index in [2.05, 4.69) is 0 Å². The maximum Gasteiger partial charge on any atom is 0.111 e. The van der Waals surface area contributed by atoms with Crippen molar-refractivity contribution in [3.8, 4) is 0 Å². The highest BCUT2D eigenvalue weighted by molar-refractivity contribution is 4.85. The predicted molar refractivity (Wildman–Crippen MR) is 34.8 cm³/mol. The molecule has 1 rings (SSSR count). The van der Waals surface area contributed by atoms with Crippen molar-refractivity contribution >= 4 is 0 Å². The quantitative estimate of drug-likeness (QED) is 0.343. The minimum Gasteiger partial charge on any atom is -0.394 e. The Bertz CT molecular complexity index is 126. The van der Waals surface area contributed by atoms with Crippen molar-refractivity contribution in [3.05, 3.63) is 0 Å². The average Bonchev–Trinajstić information content (AvgIpc) is 2.01. The van der Waals surface area contributed by atoms with E-state index in [0.29, 0.717) is 0 Å². The van der Waals surface area contributed by atoms with Crippen molar-refractivity contribution in [2.45, 2.75) is 24.4 Å². The first-order valence-electron chi connectivity index (χ1n) is 3.43. The summed E-state index contributed by atoms with van der Waals surface area (Å²) < 4.78 is 4.81. The molecule has 0 saturated carbocycles. The van der Waals surface area contributed by atoms with Crippen LogP contribution in [-0.4, -0.2) is 58.1 Å². The third-order valence-electron chi connectivity index (χ3n) is 1.79. The normalized spacial score (nSPS) is 45.8. The number of aliphatic hydroxyl groups is 4. The maximum absolute atomic E-state index is 9.11. The van der Waals surface area contributed by atoms with Gasteiger partial charge in [-0.25, -0.2) is 0 Å². The van der Waals surface area contributed by atoms with Gasteiger partial charge in [-0.1, -0.05) is 0 Å². The Labute approximate surface area is 63.8 Å². The number of aliphatic hydroxyl groups excluding tert-OH is 4. The van der Waals surface area contributed by atoms with Crippen LogP contribution in [0, 0.1) is 0 Å². The van der Waals surface area contributed by atoms with Gasteiger partial charge in [0.15, 0.2) is 0 Å². The lowest BCUT2D eigenvalue weighted by atomic mass is 10.0. The van der Waals surface area contributed by atoms with E-state index < -0.39 is 24.4 Å². The molecule has 5 heteroatoms. The van der Waals surface area contributed by atoms with Gasteiger partial charge in [0, 0.05) is 0 Å². The first kappa shape index (κ1) is 8.89. The lowest BCUT2D eigenvalue weighted by Gasteiger charge is -2.34. The zero-order chi connectivity index (χ0) is 8.43. The first-order valence-corrected chi connectivity index (χ1v) is 3.43. The van der Waals surface area contributed by atoms with Crippen molar-refractivity contribution in [1.29, 1.82) is 0 Å². The molecule has 0 aromatic heterocycles. The largest absolute Gasteiger partial charge is 0.394 e. The van der Waals surface area contributed by atoms with E-state index in [0.717, 1.165) is 0 Å². The zero-order valence-electron chi connectivity index (χ0n) is 5.92. The van der Waals surface area contributed by atoms with Crippen molar-refractivity contribution in [1.82, 2.24) is 0 Å². The predicted octanol–water partition coefficient (Wildman–Crippen LogP) is -2.54. The Morgan fingerprint density at radius 3 is 2.36 bits per heavy atom. The third-order valence-corrected chi connectivity index (χ3v) is 1.79. The van der Waals surface area contributed by atoms with Crippen LogP contribution >= 0.6 is 0 Å². The summed E-state index contributed by atoms with van der Waals surface area (Å²) in [6.07, 6.45) is -4.27. The van der Waals surface area contributed by atoms with Crippen molar-refractivity contribution in [2.75, 3.05) is 13.2 Å². The number of hydrogen-bond acceptors (Lipinski definition) is 5. The van der Waals surface area contributed by atoms with Crippen LogP contribution in [0.3, 0.4) is 0 Å². The molecular formula is C6H12O5. The summed E-state index contributed by atoms with van der Waals surface area (Å²) in [6.45, 7) is -0.408. The van der Waals surface area contributed by atoms with Crippen LogP contribution in [0.2, 0.25) is 0 Å². The van der Waals surface area contributed by atoms with Crippen LogP contribution in [0.25, 0.3) is 0 Å². The smallest absolute Gasteiger partial charge is 0.111 e. The highest BCUT2D eigenvalue weighted by atomic mass is 16.5. The van der Waals surface area contributed by atoms with E-state index >= 15 is 0 Å². The summed E-state index contributed by atoms with van der Waals surface area (Å²) in [5, 5.41) is 35.7. The molecule has 66 valence electrons. The molecule has 1 heterocycles. The topological polar surface area (TPSA) is 90.2 Å². The highest BCUT2D eigenvalue weighted by Crippen LogP contribution is 2.14. The zero-order valence-corrected chi connectivity index (χ0v) is 5.92. The summed E-state index contributed by atoms with van der Waals surface area (Å²) >= 11 is 0. The molecule has 0 aliphatic carbocycles. The Balaban J connectivity index is 2.52. The summed E-state index contributed by atoms with van der Waals surface area (Å²) in [5.74, 6) is 0. The molecule has 4 N–H and O–H groups in total. The molecule has 5 nitrogen and oxygen atoms in total. The van der Waals surface area contributed by atoms with Gasteiger partial charge in [-0.2, -0.15) is 0 Å². The van der Waals surface area contributed by atoms with Gasteiger partial charge in [-0.3, -0.25) is 0 Å². The molecule has 4 atom stereocenters. The van der Waals surface area contributed by atoms with Crippen LogP contribution in [-0.2, 0) is 4.74 Å². The van der Waals surface area contributed by atoms with Gasteiger partial charge in [0.1, 0.15) is 24.4 Å². The van der Waals surface area contributed by atoms with Crippen molar-refractivity contribution in [2.24, 2.45) is 0 Å². The molecule has 1 aliphatic rings. The van der Waals surface area contributed by atoms with Crippen molar-refractivity contribution in [3.63, 3.8) is 0 Å². The SMILES string of the molecule is OC[C@@H]1OCC(O)C(O)[C@@H]1O. The second kappa shape index (κ2) is 3.46. The Morgan fingerprint density at radius 2 is 1.82 bits per heavy atom. The van der Waals surface area contributed by atoms with Crippen LogP contribution in [0.5, 0.6) is 0 Å². The lowest BCUT2D eigenvalue weighted by molar-refractivity contribution is -0.195. The Kier molecular flexibility index (Phi) is 2.80. The molecule has 1 saturated heterocycles. The van der Waals surface area contributed by atoms with Gasteiger partial charge in [-0.15, -0.1) is 0 Å². The molecule has 0 radical (unpaired) electrons. The molecule has 0 spiro atoms. The highest BCUT2D eigenvalue weighted by Gasteiger charge is 2.36. The van der Waals surface area contributed by atoms with Crippen LogP contribution in [0.15, 0.2) is 0 Å². The van der Waals surface area contributed by atoms with Gasteiger partial charge in [0.05, 0.1) is 13.2 Å². The average molecular weight is 164 g/mol. The van der Waals surface area contributed by atoms with E-state index in [9.17, 15) is 0 Å². The molecular weight excluding hydrogens is 152 g/mol. The Hall–Kier alpha value is -0.200. The number of ether oxygens (including phenoxy) is 1. The van der Waals surface area contributed by atoms with E-state index in [1.165, 1.54) is 0 Å². The summed E-state index contributed by atoms with van der Waals surface area (Å²) in [4.78, 5) is 0. The minimum absolute atomic E-state index is 0.0521. The second-order valence-electron chi connectivity index (χ2n) is 2.60. The van der Waals surface area contributed by atoms with E-state index in [4.69, 9.17) is 25.2 Å². The van der Waals surface area contributed by atoms with E-state index in [1.807, 2.05) is 0 Å². The molecule has 1 fully saturated rings. The standard InChI is InChI=1S/C6H12O5/c7-1-4-6(10)5(9)3(8)2-11-4/h3-10H,1-2H2/t3?,4-,5?,6+/m0/s1. The fourth-order valence-electron chi connectivity index (χ4n) is 1.03. The maximum atomic E-state index is 9.11. The molecule has 0 aromatic rings. The molecule has 1 aliphatic heterocycles. The van der Waals surface area contributed by atoms with Gasteiger partial charge in [0.25, 0.3) is 0 Å². The summed E-state index contributed by atoms with van der Waals surface area (Å²) in [6, 6.07) is 0. The molecule has 0 bridgehead atoms. The third kappa shape index (κ3) is 1.69. The van der Waals surface area contributed by atoms with E-state index in [1.54, 1.807) is 0 Å². The van der Waals surface area contributed by atoms with Gasteiger partial charge >= 0.3 is 0 Å². The number of hydrogen-bond donors (Lipinski definition) is 4. The fraction of sp³-hybridized carbons (Fsp3) is 1.00. The van der Waals surface area contributed by atoms with Gasteiger partial charge < -0.3 is 25.2 Å². The molecule has 0 aromatic carbocycles. The van der Waals surface area contributed by atoms with Gasteiger partial charge in [-0.05, 0) is 0 Å². The van der Waals surface area contributed by atoms with Gasteiger partial charge in [0.2, 0.25) is 0 Å². The molecule has 11 heavy (non-hydrogen) atoms. The second-order valence-corrected chi connectivity index (χ2v) is 2.60. The summed E-state index contributed by atoms with van der Waals surface area (Å²) in [5.41, 5.74) is 0. The van der Waals surface area contributed by atoms with Crippen LogP contribution in [0.1, 0.15) is 0 Å². The van der Waals surface area contributed by atoms with Crippen LogP contribution in [0.4, 0.5) is 0 Å². The number of rotatable bonds is 1. The monoisotopic (exact) mass is 164 g/mol. The minimum atomic E-state index is -1.22. The summed E-state index contributed by atoms with van der Waals surface area (Å²) in [7, 11) is 0. The fourth-order valence-corrected chi connectivity index (χ4v) is 1.03. The van der Waals surface area contributed by atoms with E-state index in [-0.39, 0.29) is 13.2 Å². The molecule has 2 unspecified atom stereocenters. The van der Waals surface area contributed by atoms with Crippen molar-refractivity contribution < 1.29 is 25.2 Å². The Morgan fingerprint density at radius 1 is 1.18 bits per heavy atom. The molecule has 0 amide bonds. The van der Waals surface area contributed by atoms with Crippen LogP contribution < -0.4 is 0 Å². The lowest BCUT2D eigenvalue weighted by Crippen LogP contribution is -2.53. The first-order chi connectivity index (χ1) is 5.16.